The van der Waals surface area contributed by atoms with Crippen LogP contribution in [0.15, 0.2) is 12.3 Å². The molecular weight excluding hydrogens is 209 g/mol. The standard InChI is InChI=1S/C9H11Cl2NO/c1-9(2,3)6-4-5-12(7(6)10)8(11)13/h4-5H,1-3H3. The number of rotatable bonds is 0. The summed E-state index contributed by atoms with van der Waals surface area (Å²) in [7, 11) is 0. The molecule has 0 atom stereocenters. The summed E-state index contributed by atoms with van der Waals surface area (Å²) in [6.45, 7) is 6.08. The first-order valence-electron chi connectivity index (χ1n) is 3.91. The summed E-state index contributed by atoms with van der Waals surface area (Å²) < 4.78 is 1.23. The van der Waals surface area contributed by atoms with E-state index in [0.717, 1.165) is 5.56 Å². The van der Waals surface area contributed by atoms with Crippen LogP contribution in [0.3, 0.4) is 0 Å². The van der Waals surface area contributed by atoms with Gasteiger partial charge in [0.15, 0.2) is 0 Å². The molecule has 0 spiro atoms. The van der Waals surface area contributed by atoms with E-state index in [2.05, 4.69) is 0 Å². The second-order valence-electron chi connectivity index (χ2n) is 3.89. The van der Waals surface area contributed by atoms with E-state index in [-0.39, 0.29) is 5.41 Å². The van der Waals surface area contributed by atoms with Crippen LogP contribution >= 0.6 is 23.2 Å². The number of carbonyl (C=O) groups excluding carboxylic acids is 1. The van der Waals surface area contributed by atoms with Crippen LogP contribution in [0.1, 0.15) is 26.3 Å². The van der Waals surface area contributed by atoms with Crippen molar-refractivity contribution in [3.63, 3.8) is 0 Å². The molecular formula is C9H11Cl2NO. The van der Waals surface area contributed by atoms with Gasteiger partial charge >= 0.3 is 5.37 Å². The summed E-state index contributed by atoms with van der Waals surface area (Å²) in [5.41, 5.74) is 0.845. The maximum Gasteiger partial charge on any atom is 0.325 e. The van der Waals surface area contributed by atoms with Crippen LogP contribution in [0, 0.1) is 0 Å². The Bertz CT molecular complexity index is 336. The van der Waals surface area contributed by atoms with Crippen LogP contribution in [0.25, 0.3) is 0 Å². The van der Waals surface area contributed by atoms with E-state index >= 15 is 0 Å². The Labute approximate surface area is 87.4 Å². The topological polar surface area (TPSA) is 22.0 Å². The fourth-order valence-corrected chi connectivity index (χ4v) is 1.77. The van der Waals surface area contributed by atoms with E-state index in [0.29, 0.717) is 5.15 Å². The second kappa shape index (κ2) is 3.35. The molecule has 0 amide bonds. The van der Waals surface area contributed by atoms with Crippen molar-refractivity contribution in [1.29, 1.82) is 0 Å². The number of carbonyl (C=O) groups is 1. The van der Waals surface area contributed by atoms with Gasteiger partial charge in [0.2, 0.25) is 0 Å². The molecule has 0 unspecified atom stereocenters. The van der Waals surface area contributed by atoms with Crippen molar-refractivity contribution >= 4 is 28.6 Å². The first-order valence-corrected chi connectivity index (χ1v) is 4.67. The number of hydrogen-bond acceptors (Lipinski definition) is 1. The molecule has 1 heterocycles. The van der Waals surface area contributed by atoms with Gasteiger partial charge in [0.25, 0.3) is 0 Å². The van der Waals surface area contributed by atoms with Crippen molar-refractivity contribution in [2.45, 2.75) is 26.2 Å². The summed E-state index contributed by atoms with van der Waals surface area (Å²) in [6, 6.07) is 1.81. The monoisotopic (exact) mass is 219 g/mol. The number of nitrogens with zero attached hydrogens (tertiary/aromatic N) is 1. The fourth-order valence-electron chi connectivity index (χ4n) is 1.11. The average molecular weight is 220 g/mol. The lowest BCUT2D eigenvalue weighted by Gasteiger charge is -2.17. The molecule has 72 valence electrons. The highest BCUT2D eigenvalue weighted by atomic mass is 35.5. The van der Waals surface area contributed by atoms with E-state index < -0.39 is 5.37 Å². The molecule has 0 aromatic carbocycles. The Morgan fingerprint density at radius 3 is 2.23 bits per heavy atom. The van der Waals surface area contributed by atoms with Gasteiger partial charge in [-0.25, -0.2) is 0 Å². The summed E-state index contributed by atoms with van der Waals surface area (Å²) in [5.74, 6) is 0. The van der Waals surface area contributed by atoms with Gasteiger partial charge in [-0.3, -0.25) is 9.36 Å². The third kappa shape index (κ3) is 2.06. The molecule has 4 heteroatoms. The van der Waals surface area contributed by atoms with Crippen molar-refractivity contribution in [2.24, 2.45) is 0 Å². The molecule has 0 aliphatic carbocycles. The fraction of sp³-hybridized carbons (Fsp3) is 0.444. The Kier molecular flexibility index (Phi) is 2.74. The Balaban J connectivity index is 3.22. The van der Waals surface area contributed by atoms with Crippen molar-refractivity contribution in [3.05, 3.63) is 23.0 Å². The molecule has 13 heavy (non-hydrogen) atoms. The van der Waals surface area contributed by atoms with Crippen LogP contribution in [-0.4, -0.2) is 9.93 Å². The number of hydrogen-bond donors (Lipinski definition) is 0. The Morgan fingerprint density at radius 1 is 1.46 bits per heavy atom. The zero-order chi connectivity index (χ0) is 10.2. The maximum atomic E-state index is 10.9. The van der Waals surface area contributed by atoms with Gasteiger partial charge < -0.3 is 0 Å². The third-order valence-electron chi connectivity index (χ3n) is 1.82. The number of halogens is 2. The molecule has 0 bridgehead atoms. The quantitative estimate of drug-likeness (QED) is 0.611. The van der Waals surface area contributed by atoms with Gasteiger partial charge in [-0.1, -0.05) is 32.4 Å². The molecule has 0 saturated carbocycles. The minimum atomic E-state index is -0.583. The molecule has 0 aliphatic rings. The van der Waals surface area contributed by atoms with Crippen LogP contribution in [0.5, 0.6) is 0 Å². The molecule has 1 rings (SSSR count). The van der Waals surface area contributed by atoms with E-state index in [1.165, 1.54) is 4.57 Å². The minimum absolute atomic E-state index is 0.0747. The van der Waals surface area contributed by atoms with Gasteiger partial charge in [-0.2, -0.15) is 0 Å². The van der Waals surface area contributed by atoms with Crippen molar-refractivity contribution < 1.29 is 4.79 Å². The predicted molar refractivity (Wildman–Crippen MR) is 54.8 cm³/mol. The summed E-state index contributed by atoms with van der Waals surface area (Å²) in [4.78, 5) is 10.9. The largest absolute Gasteiger partial charge is 0.325 e. The molecule has 0 saturated heterocycles. The van der Waals surface area contributed by atoms with E-state index in [1.807, 2.05) is 26.8 Å². The Morgan fingerprint density at radius 2 is 2.00 bits per heavy atom. The second-order valence-corrected chi connectivity index (χ2v) is 4.57. The molecule has 1 aromatic heterocycles. The first kappa shape index (κ1) is 10.6. The summed E-state index contributed by atoms with van der Waals surface area (Å²) >= 11 is 11.3. The van der Waals surface area contributed by atoms with Gasteiger partial charge in [0.1, 0.15) is 5.15 Å². The minimum Gasteiger partial charge on any atom is -0.264 e. The van der Waals surface area contributed by atoms with Gasteiger partial charge in [0.05, 0.1) is 0 Å². The SMILES string of the molecule is CC(C)(C)c1ccn(C(=O)Cl)c1Cl. The highest BCUT2D eigenvalue weighted by molar-refractivity contribution is 6.64. The van der Waals surface area contributed by atoms with E-state index in [4.69, 9.17) is 23.2 Å². The molecule has 0 radical (unpaired) electrons. The lowest BCUT2D eigenvalue weighted by Crippen LogP contribution is -2.11. The number of aromatic nitrogens is 1. The third-order valence-corrected chi connectivity index (χ3v) is 2.39. The van der Waals surface area contributed by atoms with Crippen LogP contribution < -0.4 is 0 Å². The van der Waals surface area contributed by atoms with Gasteiger partial charge in [-0.05, 0) is 28.6 Å². The lowest BCUT2D eigenvalue weighted by molar-refractivity contribution is 0.261. The first-order chi connectivity index (χ1) is 5.84. The summed E-state index contributed by atoms with van der Waals surface area (Å²) in [5, 5.41) is -0.187. The summed E-state index contributed by atoms with van der Waals surface area (Å²) in [6.07, 6.45) is 1.58. The zero-order valence-electron chi connectivity index (χ0n) is 7.77. The van der Waals surface area contributed by atoms with Crippen LogP contribution in [0.2, 0.25) is 5.15 Å². The van der Waals surface area contributed by atoms with Crippen LogP contribution in [-0.2, 0) is 5.41 Å². The lowest BCUT2D eigenvalue weighted by atomic mass is 9.89. The Hall–Kier alpha value is -0.470. The molecule has 2 nitrogen and oxygen atoms in total. The molecule has 0 fully saturated rings. The van der Waals surface area contributed by atoms with Crippen molar-refractivity contribution in [3.8, 4) is 0 Å². The predicted octanol–water partition coefficient (Wildman–Crippen LogP) is 3.65. The molecule has 0 N–H and O–H groups in total. The van der Waals surface area contributed by atoms with E-state index in [1.54, 1.807) is 6.20 Å². The van der Waals surface area contributed by atoms with Gasteiger partial charge in [0, 0.05) is 6.20 Å². The zero-order valence-corrected chi connectivity index (χ0v) is 9.28. The van der Waals surface area contributed by atoms with Crippen molar-refractivity contribution in [1.82, 2.24) is 4.57 Å². The average Bonchev–Trinajstić information content (AvgIpc) is 2.28. The highest BCUT2D eigenvalue weighted by Crippen LogP contribution is 2.30. The van der Waals surface area contributed by atoms with Crippen LogP contribution in [0.4, 0.5) is 4.79 Å². The molecule has 1 aromatic rings. The normalized spacial score (nSPS) is 11.8. The molecule has 0 aliphatic heterocycles. The highest BCUT2D eigenvalue weighted by Gasteiger charge is 2.21. The smallest absolute Gasteiger partial charge is 0.264 e. The maximum absolute atomic E-state index is 10.9. The van der Waals surface area contributed by atoms with Crippen molar-refractivity contribution in [2.75, 3.05) is 0 Å². The van der Waals surface area contributed by atoms with Gasteiger partial charge in [-0.15, -0.1) is 0 Å². The van der Waals surface area contributed by atoms with E-state index in [9.17, 15) is 4.79 Å².